The quantitative estimate of drug-likeness (QED) is 0.0717. The van der Waals surface area contributed by atoms with Crippen LogP contribution in [0.15, 0.2) is 207 Å². The van der Waals surface area contributed by atoms with Crippen molar-refractivity contribution < 1.29 is 28.3 Å². The molecule has 0 radical (unpaired) electrons. The van der Waals surface area contributed by atoms with E-state index in [0.717, 1.165) is 250 Å². The van der Waals surface area contributed by atoms with Crippen LogP contribution in [-0.4, -0.2) is 226 Å². The van der Waals surface area contributed by atoms with Gasteiger partial charge in [-0.3, -0.25) is 48.3 Å². The van der Waals surface area contributed by atoms with Gasteiger partial charge in [0.05, 0.1) is 75.9 Å². The van der Waals surface area contributed by atoms with Crippen molar-refractivity contribution >= 4 is 149 Å². The van der Waals surface area contributed by atoms with Gasteiger partial charge >= 0.3 is 0 Å². The van der Waals surface area contributed by atoms with Gasteiger partial charge in [0.25, 0.3) is 17.7 Å². The Morgan fingerprint density at radius 2 is 0.681 bits per heavy atom. The number of pyridine rings is 3. The first-order valence-electron chi connectivity index (χ1n) is 48.7. The zero-order valence-corrected chi connectivity index (χ0v) is 83.5. The number of rotatable bonds is 20. The summed E-state index contributed by atoms with van der Waals surface area (Å²) in [4.78, 5) is 83.6. The maximum absolute atomic E-state index is 14.1. The Kier molecular flexibility index (Phi) is 35.7. The minimum Gasteiger partial charge on any atom is -0.377 e. The van der Waals surface area contributed by atoms with E-state index in [1.807, 2.05) is 172 Å². The van der Waals surface area contributed by atoms with Gasteiger partial charge in [0.1, 0.15) is 0 Å². The molecule has 0 spiro atoms. The number of aromatic nitrogens is 3. The largest absolute Gasteiger partial charge is 0.377 e. The highest BCUT2D eigenvalue weighted by Gasteiger charge is 2.39. The lowest BCUT2D eigenvalue weighted by atomic mass is 9.81. The molecule has 0 unspecified atom stereocenters. The van der Waals surface area contributed by atoms with Gasteiger partial charge in [0.15, 0.2) is 0 Å². The average Bonchev–Trinajstić information content (AvgIpc) is 0.818. The lowest BCUT2D eigenvalue weighted by Gasteiger charge is -2.44. The third-order valence-corrected chi connectivity index (χ3v) is 32.8. The maximum Gasteiger partial charge on any atom is 0.253 e. The molecule has 16 nitrogen and oxygen atoms in total. The van der Waals surface area contributed by atoms with E-state index >= 15 is 0 Å². The topological polar surface area (TPSA) is 142 Å². The van der Waals surface area contributed by atoms with Crippen molar-refractivity contribution in [3.63, 3.8) is 0 Å². The second-order valence-corrected chi connectivity index (χ2v) is 41.5. The summed E-state index contributed by atoms with van der Waals surface area (Å²) in [5, 5.41) is 7.87. The molecule has 3 aromatic heterocycles. The van der Waals surface area contributed by atoms with Crippen LogP contribution in [0.25, 0.3) is 32.7 Å². The lowest BCUT2D eigenvalue weighted by molar-refractivity contribution is -0.132. The molecule has 0 bridgehead atoms. The number of hydrogen-bond donors (Lipinski definition) is 0. The van der Waals surface area contributed by atoms with Crippen LogP contribution in [0.4, 0.5) is 4.39 Å². The van der Waals surface area contributed by atoms with Crippen molar-refractivity contribution in [1.82, 2.24) is 54.2 Å². The monoisotopic (exact) mass is 1980 g/mol. The Morgan fingerprint density at radius 1 is 0.341 bits per heavy atom. The number of hydrogen-bond acceptors (Lipinski definition) is 12. The molecule has 19 rings (SSSR count). The average molecular weight is 1980 g/mol. The zero-order chi connectivity index (χ0) is 94.0. The fraction of sp³-hybridized carbons (Fsp3) is 0.445. The number of halogens is 9. The zero-order valence-electron chi connectivity index (χ0n) is 77.4. The first kappa shape index (κ1) is 99.9. The molecule has 8 saturated heterocycles. The number of benzene rings is 8. The molecule has 8 aliphatic heterocycles. The van der Waals surface area contributed by atoms with Crippen LogP contribution in [0, 0.1) is 36.5 Å². The summed E-state index contributed by atoms with van der Waals surface area (Å²) >= 11 is 49.0. The molecule has 25 heteroatoms. The Labute approximate surface area is 835 Å². The number of fused-ring (bicyclic) bond motifs is 3. The van der Waals surface area contributed by atoms with Gasteiger partial charge < -0.3 is 34.1 Å². The molecule has 8 aromatic carbocycles. The molecule has 0 N–H and O–H groups in total. The van der Waals surface area contributed by atoms with Crippen molar-refractivity contribution in [3.05, 3.63) is 297 Å². The Bertz CT molecular complexity index is 5850. The SMILES string of the molecule is CCO[C@@H]1CN(C2CCN(C(=O)c3ccc4ncccc4c3)CC2)CC[C@@H]1Cc1ccc(Cl)c(Cl)c1.Cc1ccccc1CC(=O)N1CCC(N2CCC(Cc3ccc(Cl)c(Cl)c3)CC2)CC1.O=C(c1ccc2ncccc2c1)N1CCC(N2CCC(Cc3ccc(Cl)c(Cl)c3)CC2)CC1.O=C(c1ccc2ncccc2c1)N1CCC(N2CC[C@H](Cc3ccc(Cl)c(Cl)c3)[C@H](CF)C2)CC1. The summed E-state index contributed by atoms with van der Waals surface area (Å²) in [7, 11) is 0. The second-order valence-electron chi connectivity index (χ2n) is 38.3. The van der Waals surface area contributed by atoms with Crippen LogP contribution in [-0.2, 0) is 41.6 Å². The molecule has 11 aromatic rings. The molecule has 712 valence electrons. The minimum atomic E-state index is -0.309. The maximum atomic E-state index is 14.1. The van der Waals surface area contributed by atoms with Gasteiger partial charge in [0, 0.05) is 154 Å². The summed E-state index contributed by atoms with van der Waals surface area (Å²) in [6, 6.07) is 63.0. The standard InChI is InChI=1S/C29H33Cl2N3O2.C28H30Cl2FN3O.C27H29Cl2N3O.C26H32Cl2N2O/c1-2-36-28-19-34(13-9-22(28)16-20-5-7-25(30)26(31)17-20)24-10-14-33(15-11-24)29(35)23-6-8-27-21(18-23)4-3-12-32-27;29-25-5-3-19(15-26(25)30)14-20-7-11-34(18-23(20)17-31)24-8-12-33(13-9-24)28(35)22-4-6-27-21(16-22)2-1-10-32-27;28-24-5-3-20(17-25(24)29)16-19-7-12-31(13-8-19)23-9-14-32(15-10-23)27(33)22-4-6-26-21(18-22)2-1-11-30-26;1-19-4-2-3-5-22(19)18-26(31)30-14-10-23(11-15-30)29-12-8-20(9-13-29)16-21-6-7-24(27)25(28)17-21/h3-8,12,17-18,22,24,28H,2,9-11,13-16,19H2,1H3;1-6,10,15-16,20,23-24H,7-9,11-14,17-18H2;1-6,11,17-19,23H,7-10,12-16H2;2-7,17,20,23H,8-16,18H2,1H3/t22-,28-;20-,23-;;/m11../s1. The molecule has 4 atom stereocenters. The van der Waals surface area contributed by atoms with Crippen molar-refractivity contribution in [1.29, 1.82) is 0 Å². The van der Waals surface area contributed by atoms with Crippen LogP contribution < -0.4 is 0 Å². The molecule has 0 saturated carbocycles. The summed E-state index contributed by atoms with van der Waals surface area (Å²) in [6.07, 6.45) is 25.1. The predicted molar refractivity (Wildman–Crippen MR) is 550 cm³/mol. The van der Waals surface area contributed by atoms with Gasteiger partial charge in [-0.15, -0.1) is 0 Å². The Balaban J connectivity index is 0.000000131. The highest BCUT2D eigenvalue weighted by molar-refractivity contribution is 6.43. The number of alkyl halides is 1. The van der Waals surface area contributed by atoms with Crippen molar-refractivity contribution in [2.45, 2.75) is 166 Å². The smallest absolute Gasteiger partial charge is 0.253 e. The van der Waals surface area contributed by atoms with Gasteiger partial charge in [-0.25, -0.2) is 0 Å². The minimum absolute atomic E-state index is 0.0177. The van der Waals surface area contributed by atoms with E-state index in [1.54, 1.807) is 18.6 Å². The van der Waals surface area contributed by atoms with E-state index < -0.39 is 0 Å². The number of aryl methyl sites for hydroxylation is 1. The number of piperidine rings is 8. The van der Waals surface area contributed by atoms with Crippen LogP contribution in [0.3, 0.4) is 0 Å². The molecular formula is C110H124Cl8FN11O5. The van der Waals surface area contributed by atoms with E-state index in [2.05, 4.69) is 83.6 Å². The fourth-order valence-electron chi connectivity index (χ4n) is 21.9. The van der Waals surface area contributed by atoms with Crippen LogP contribution in [0.1, 0.15) is 161 Å². The second kappa shape index (κ2) is 48.2. The van der Waals surface area contributed by atoms with E-state index in [9.17, 15) is 23.6 Å². The summed E-state index contributed by atoms with van der Waals surface area (Å²) in [6.45, 7) is 19.4. The summed E-state index contributed by atoms with van der Waals surface area (Å²) in [5.41, 5.74) is 12.2. The number of nitrogens with zero attached hydrogens (tertiary/aromatic N) is 11. The first-order valence-corrected chi connectivity index (χ1v) is 51.8. The summed E-state index contributed by atoms with van der Waals surface area (Å²) in [5.74, 6) is 2.80. The third-order valence-electron chi connectivity index (χ3n) is 29.8. The lowest BCUT2D eigenvalue weighted by Crippen LogP contribution is -2.53. The highest BCUT2D eigenvalue weighted by Crippen LogP contribution is 2.38. The van der Waals surface area contributed by atoms with Gasteiger partial charge in [-0.05, 0) is 347 Å². The van der Waals surface area contributed by atoms with Crippen LogP contribution in [0.5, 0.6) is 0 Å². The van der Waals surface area contributed by atoms with E-state index in [-0.39, 0.29) is 42.3 Å². The van der Waals surface area contributed by atoms with E-state index in [4.69, 9.17) is 97.5 Å². The Hall–Kier alpha value is -8.08. The molecule has 11 heterocycles. The normalized spacial score (nSPS) is 20.4. The van der Waals surface area contributed by atoms with Crippen molar-refractivity contribution in [2.75, 3.05) is 118 Å². The molecule has 8 fully saturated rings. The van der Waals surface area contributed by atoms with Gasteiger partial charge in [-0.1, -0.05) is 160 Å². The fourth-order valence-corrected chi connectivity index (χ4v) is 23.1. The third kappa shape index (κ3) is 26.5. The number of carbonyl (C=O) groups is 4. The highest BCUT2D eigenvalue weighted by atomic mass is 35.5. The first-order chi connectivity index (χ1) is 65.6. The number of carbonyl (C=O) groups excluding carboxylic acids is 4. The molecule has 8 aliphatic rings. The Morgan fingerprint density at radius 3 is 1.05 bits per heavy atom. The molecule has 135 heavy (non-hydrogen) atoms. The van der Waals surface area contributed by atoms with Gasteiger partial charge in [-0.2, -0.15) is 0 Å². The van der Waals surface area contributed by atoms with Crippen LogP contribution in [0.2, 0.25) is 40.2 Å². The molecule has 0 aliphatic carbocycles. The number of amides is 4. The van der Waals surface area contributed by atoms with Gasteiger partial charge in [0.2, 0.25) is 5.91 Å². The van der Waals surface area contributed by atoms with Crippen molar-refractivity contribution in [2.24, 2.45) is 29.6 Å². The van der Waals surface area contributed by atoms with Crippen LogP contribution >= 0.6 is 92.8 Å². The molecule has 4 amide bonds. The molecular weight excluding hydrogens is 1860 g/mol. The van der Waals surface area contributed by atoms with E-state index in [1.165, 1.54) is 47.9 Å². The van der Waals surface area contributed by atoms with E-state index in [0.29, 0.717) is 107 Å². The summed E-state index contributed by atoms with van der Waals surface area (Å²) < 4.78 is 20.3. The van der Waals surface area contributed by atoms with Crippen molar-refractivity contribution in [3.8, 4) is 0 Å². The number of ether oxygens (including phenoxy) is 1. The number of likely N-dealkylation sites (tertiary alicyclic amines) is 8. The predicted octanol–water partition coefficient (Wildman–Crippen LogP) is 24.3.